The molecule has 0 aromatic carbocycles. The summed E-state index contributed by atoms with van der Waals surface area (Å²) in [6, 6.07) is 0.538. The van der Waals surface area contributed by atoms with Crippen molar-refractivity contribution in [2.24, 2.45) is 11.8 Å². The normalized spacial score (nSPS) is 33.1. The van der Waals surface area contributed by atoms with E-state index in [9.17, 15) is 4.79 Å². The summed E-state index contributed by atoms with van der Waals surface area (Å²) in [6.07, 6.45) is 12.6. The number of likely N-dealkylation sites (tertiary alicyclic amines) is 2. The molecule has 0 aromatic heterocycles. The monoisotopic (exact) mass is 292 g/mol. The summed E-state index contributed by atoms with van der Waals surface area (Å²) in [6.45, 7) is 3.46. The Morgan fingerprint density at radius 2 is 1.62 bits per heavy atom. The number of carbonyl (C=O) groups is 1. The van der Waals surface area contributed by atoms with E-state index in [0.717, 1.165) is 25.3 Å². The van der Waals surface area contributed by atoms with Crippen molar-refractivity contribution >= 4 is 5.91 Å². The van der Waals surface area contributed by atoms with E-state index < -0.39 is 0 Å². The quantitative estimate of drug-likeness (QED) is 0.780. The first-order chi connectivity index (χ1) is 10.3. The average molecular weight is 292 g/mol. The first-order valence-electron chi connectivity index (χ1n) is 9.25. The second-order valence-electron chi connectivity index (χ2n) is 7.59. The Balaban J connectivity index is 1.66. The van der Waals surface area contributed by atoms with Gasteiger partial charge in [0, 0.05) is 25.0 Å². The van der Waals surface area contributed by atoms with Crippen LogP contribution in [-0.4, -0.2) is 48.4 Å². The Hall–Kier alpha value is -0.570. The van der Waals surface area contributed by atoms with Gasteiger partial charge in [0.25, 0.3) is 0 Å². The smallest absolute Gasteiger partial charge is 0.225 e. The molecular weight excluding hydrogens is 260 g/mol. The average Bonchev–Trinajstić information content (AvgIpc) is 2.55. The molecule has 2 unspecified atom stereocenters. The van der Waals surface area contributed by atoms with Crippen molar-refractivity contribution in [2.75, 3.05) is 26.7 Å². The van der Waals surface area contributed by atoms with Crippen LogP contribution in [0.4, 0.5) is 0 Å². The van der Waals surface area contributed by atoms with Gasteiger partial charge in [-0.1, -0.05) is 19.3 Å². The van der Waals surface area contributed by atoms with Gasteiger partial charge in [0.1, 0.15) is 0 Å². The zero-order valence-electron chi connectivity index (χ0n) is 13.7. The number of hydrogen-bond acceptors (Lipinski definition) is 2. The van der Waals surface area contributed by atoms with Gasteiger partial charge in [0.15, 0.2) is 0 Å². The molecule has 0 spiro atoms. The Kier molecular flexibility index (Phi) is 5.20. The minimum atomic E-state index is 0.348. The third-order valence-electron chi connectivity index (χ3n) is 5.99. The van der Waals surface area contributed by atoms with E-state index in [2.05, 4.69) is 16.8 Å². The number of carbonyl (C=O) groups excluding carboxylic acids is 1. The summed E-state index contributed by atoms with van der Waals surface area (Å²) in [4.78, 5) is 17.8. The summed E-state index contributed by atoms with van der Waals surface area (Å²) in [5, 5.41) is 0. The van der Waals surface area contributed by atoms with Crippen LogP contribution in [0.25, 0.3) is 0 Å². The first-order valence-corrected chi connectivity index (χ1v) is 9.25. The predicted octanol–water partition coefficient (Wildman–Crippen LogP) is 3.29. The maximum atomic E-state index is 13.0. The summed E-state index contributed by atoms with van der Waals surface area (Å²) in [5.74, 6) is 1.57. The van der Waals surface area contributed by atoms with Gasteiger partial charge in [-0.15, -0.1) is 0 Å². The fraction of sp³-hybridized carbons (Fsp3) is 0.944. The van der Waals surface area contributed by atoms with Gasteiger partial charge >= 0.3 is 0 Å². The third-order valence-corrected chi connectivity index (χ3v) is 5.99. The van der Waals surface area contributed by atoms with Crippen LogP contribution < -0.4 is 0 Å². The van der Waals surface area contributed by atoms with Crippen molar-refractivity contribution in [1.82, 2.24) is 9.80 Å². The molecule has 1 saturated carbocycles. The molecule has 3 aliphatic rings. The maximum absolute atomic E-state index is 13.0. The van der Waals surface area contributed by atoms with Crippen LogP contribution in [0.3, 0.4) is 0 Å². The lowest BCUT2D eigenvalue weighted by Crippen LogP contribution is -2.53. The lowest BCUT2D eigenvalue weighted by Gasteiger charge is -2.45. The molecular formula is C18H32N2O. The number of piperidine rings is 2. The van der Waals surface area contributed by atoms with E-state index in [0.29, 0.717) is 17.9 Å². The molecule has 1 amide bonds. The minimum absolute atomic E-state index is 0.348. The largest absolute Gasteiger partial charge is 0.339 e. The Bertz CT molecular complexity index is 351. The molecule has 2 atom stereocenters. The second-order valence-corrected chi connectivity index (χ2v) is 7.59. The zero-order valence-corrected chi connectivity index (χ0v) is 13.7. The Morgan fingerprint density at radius 3 is 2.38 bits per heavy atom. The highest BCUT2D eigenvalue weighted by Gasteiger charge is 2.37. The highest BCUT2D eigenvalue weighted by molar-refractivity contribution is 5.79. The van der Waals surface area contributed by atoms with Crippen molar-refractivity contribution in [3.8, 4) is 0 Å². The standard InChI is InChI=1S/C18H32N2O/c1-19-12-7-10-16(14-19)17-11-5-6-13-20(17)18(21)15-8-3-2-4-9-15/h15-17H,2-14H2,1H3. The fourth-order valence-electron chi connectivity index (χ4n) is 4.83. The maximum Gasteiger partial charge on any atom is 0.225 e. The third kappa shape index (κ3) is 3.61. The molecule has 3 nitrogen and oxygen atoms in total. The van der Waals surface area contributed by atoms with E-state index >= 15 is 0 Å². The number of nitrogens with zero attached hydrogens (tertiary/aromatic N) is 2. The predicted molar refractivity (Wildman–Crippen MR) is 86.1 cm³/mol. The lowest BCUT2D eigenvalue weighted by molar-refractivity contribution is -0.142. The van der Waals surface area contributed by atoms with Gasteiger partial charge in [-0.05, 0) is 64.5 Å². The van der Waals surface area contributed by atoms with Crippen LogP contribution in [0.5, 0.6) is 0 Å². The molecule has 0 N–H and O–H groups in total. The van der Waals surface area contributed by atoms with Crippen molar-refractivity contribution in [1.29, 1.82) is 0 Å². The van der Waals surface area contributed by atoms with Gasteiger partial charge in [0.2, 0.25) is 5.91 Å². The Morgan fingerprint density at radius 1 is 0.857 bits per heavy atom. The van der Waals surface area contributed by atoms with Gasteiger partial charge in [-0.25, -0.2) is 0 Å². The molecule has 3 heteroatoms. The number of amides is 1. The molecule has 3 rings (SSSR count). The van der Waals surface area contributed by atoms with E-state index in [1.165, 1.54) is 64.5 Å². The molecule has 2 heterocycles. The minimum Gasteiger partial charge on any atom is -0.339 e. The first kappa shape index (κ1) is 15.3. The van der Waals surface area contributed by atoms with Gasteiger partial charge in [-0.2, -0.15) is 0 Å². The fourth-order valence-corrected chi connectivity index (χ4v) is 4.83. The van der Waals surface area contributed by atoms with Gasteiger partial charge in [0.05, 0.1) is 0 Å². The molecule has 21 heavy (non-hydrogen) atoms. The van der Waals surface area contributed by atoms with E-state index in [1.807, 2.05) is 0 Å². The lowest BCUT2D eigenvalue weighted by atomic mass is 9.82. The molecule has 0 bridgehead atoms. The molecule has 3 fully saturated rings. The van der Waals surface area contributed by atoms with Crippen molar-refractivity contribution in [2.45, 2.75) is 70.3 Å². The summed E-state index contributed by atoms with van der Waals surface area (Å²) in [7, 11) is 2.24. The number of hydrogen-bond donors (Lipinski definition) is 0. The SMILES string of the molecule is CN1CCCC(C2CCCCN2C(=O)C2CCCCC2)C1. The number of rotatable bonds is 2. The molecule has 120 valence electrons. The van der Waals surface area contributed by atoms with E-state index in [-0.39, 0.29) is 0 Å². The molecule has 0 aromatic rings. The Labute approximate surface area is 130 Å². The van der Waals surface area contributed by atoms with Crippen LogP contribution in [0.1, 0.15) is 64.2 Å². The highest BCUT2D eigenvalue weighted by atomic mass is 16.2. The van der Waals surface area contributed by atoms with Crippen LogP contribution in [0.15, 0.2) is 0 Å². The summed E-state index contributed by atoms with van der Waals surface area (Å²) >= 11 is 0. The van der Waals surface area contributed by atoms with E-state index in [4.69, 9.17) is 0 Å². The van der Waals surface area contributed by atoms with Gasteiger partial charge in [-0.3, -0.25) is 4.79 Å². The summed E-state index contributed by atoms with van der Waals surface area (Å²) < 4.78 is 0. The topological polar surface area (TPSA) is 23.6 Å². The zero-order chi connectivity index (χ0) is 14.7. The van der Waals surface area contributed by atoms with E-state index in [1.54, 1.807) is 0 Å². The molecule has 0 radical (unpaired) electrons. The molecule has 2 saturated heterocycles. The van der Waals surface area contributed by atoms with Crippen LogP contribution in [-0.2, 0) is 4.79 Å². The highest BCUT2D eigenvalue weighted by Crippen LogP contribution is 2.33. The van der Waals surface area contributed by atoms with Crippen molar-refractivity contribution < 1.29 is 4.79 Å². The van der Waals surface area contributed by atoms with Gasteiger partial charge < -0.3 is 9.80 Å². The van der Waals surface area contributed by atoms with Crippen LogP contribution in [0.2, 0.25) is 0 Å². The van der Waals surface area contributed by atoms with Crippen LogP contribution >= 0.6 is 0 Å². The van der Waals surface area contributed by atoms with Crippen molar-refractivity contribution in [3.63, 3.8) is 0 Å². The van der Waals surface area contributed by atoms with Crippen LogP contribution in [0, 0.1) is 11.8 Å². The second kappa shape index (κ2) is 7.13. The molecule has 1 aliphatic carbocycles. The summed E-state index contributed by atoms with van der Waals surface area (Å²) in [5.41, 5.74) is 0. The molecule has 2 aliphatic heterocycles. The van der Waals surface area contributed by atoms with Crippen molar-refractivity contribution in [3.05, 3.63) is 0 Å².